The molecule has 3 atom stereocenters. The van der Waals surface area contributed by atoms with E-state index in [9.17, 15) is 22.8 Å². The van der Waals surface area contributed by atoms with Gasteiger partial charge in [0.15, 0.2) is 6.04 Å². The number of benzene rings is 1. The summed E-state index contributed by atoms with van der Waals surface area (Å²) in [6, 6.07) is 3.02. The minimum absolute atomic E-state index is 0.00140. The normalized spacial score (nSPS) is 26.0. The Balaban J connectivity index is 1.63. The monoisotopic (exact) mass is 390 g/mol. The van der Waals surface area contributed by atoms with Crippen molar-refractivity contribution in [1.29, 1.82) is 0 Å². The molecule has 0 unspecified atom stereocenters. The van der Waals surface area contributed by atoms with Crippen molar-refractivity contribution in [2.24, 2.45) is 0 Å². The van der Waals surface area contributed by atoms with E-state index in [-0.39, 0.29) is 30.1 Å². The van der Waals surface area contributed by atoms with Crippen LogP contribution in [0.4, 0.5) is 18.9 Å². The molecule has 9 heteroatoms. The SMILES string of the molecule is O=C(C[C@H]1[NH2+][C@H]2CCCC[C@@H]2NC1=O)Nc1ccc(Cl)c(C(F)(F)F)c1. The van der Waals surface area contributed by atoms with Crippen molar-refractivity contribution in [3.63, 3.8) is 0 Å². The molecule has 26 heavy (non-hydrogen) atoms. The van der Waals surface area contributed by atoms with Crippen LogP contribution in [0.15, 0.2) is 18.2 Å². The quantitative estimate of drug-likeness (QED) is 0.739. The summed E-state index contributed by atoms with van der Waals surface area (Å²) in [7, 11) is 0. The average Bonchev–Trinajstić information content (AvgIpc) is 2.56. The van der Waals surface area contributed by atoms with E-state index in [4.69, 9.17) is 11.6 Å². The number of fused-ring (bicyclic) bond motifs is 1. The average molecular weight is 391 g/mol. The maximum Gasteiger partial charge on any atom is 0.417 e. The van der Waals surface area contributed by atoms with Crippen LogP contribution in [0.3, 0.4) is 0 Å². The van der Waals surface area contributed by atoms with E-state index in [1.54, 1.807) is 0 Å². The van der Waals surface area contributed by atoms with Crippen molar-refractivity contribution in [3.8, 4) is 0 Å². The van der Waals surface area contributed by atoms with Gasteiger partial charge in [0.25, 0.3) is 5.91 Å². The lowest BCUT2D eigenvalue weighted by Crippen LogP contribution is -3.03. The van der Waals surface area contributed by atoms with Crippen LogP contribution >= 0.6 is 11.6 Å². The number of nitrogens with two attached hydrogens (primary N) is 1. The number of piperazine rings is 1. The molecule has 142 valence electrons. The topological polar surface area (TPSA) is 74.8 Å². The Bertz CT molecular complexity index is 711. The molecule has 1 aliphatic carbocycles. The van der Waals surface area contributed by atoms with E-state index in [1.165, 1.54) is 6.07 Å². The Morgan fingerprint density at radius 2 is 2.04 bits per heavy atom. The second-order valence-electron chi connectivity index (χ2n) is 6.81. The largest absolute Gasteiger partial charge is 0.417 e. The highest BCUT2D eigenvalue weighted by Gasteiger charge is 2.40. The predicted molar refractivity (Wildman–Crippen MR) is 89.6 cm³/mol. The molecule has 1 aromatic rings. The molecule has 1 heterocycles. The van der Waals surface area contributed by atoms with Gasteiger partial charge in [-0.3, -0.25) is 9.59 Å². The molecule has 1 aromatic carbocycles. The molecule has 0 aromatic heterocycles. The van der Waals surface area contributed by atoms with Crippen LogP contribution in [-0.2, 0) is 15.8 Å². The van der Waals surface area contributed by atoms with Gasteiger partial charge in [-0.25, -0.2) is 0 Å². The maximum atomic E-state index is 12.9. The first kappa shape index (κ1) is 19.0. The number of carbonyl (C=O) groups excluding carboxylic acids is 2. The molecule has 1 saturated carbocycles. The molecular weight excluding hydrogens is 371 g/mol. The van der Waals surface area contributed by atoms with Gasteiger partial charge in [-0.15, -0.1) is 0 Å². The van der Waals surface area contributed by atoms with E-state index in [2.05, 4.69) is 10.6 Å². The van der Waals surface area contributed by atoms with Crippen LogP contribution in [0.2, 0.25) is 5.02 Å². The van der Waals surface area contributed by atoms with E-state index in [1.807, 2.05) is 5.32 Å². The van der Waals surface area contributed by atoms with Gasteiger partial charge in [-0.05, 0) is 31.0 Å². The smallest absolute Gasteiger partial charge is 0.342 e. The molecule has 0 spiro atoms. The Morgan fingerprint density at radius 3 is 2.77 bits per heavy atom. The Kier molecular flexibility index (Phi) is 5.43. The second kappa shape index (κ2) is 7.44. The number of anilines is 1. The first-order valence-electron chi connectivity index (χ1n) is 8.56. The lowest BCUT2D eigenvalue weighted by molar-refractivity contribution is -0.718. The Hall–Kier alpha value is -1.80. The fraction of sp³-hybridized carbons (Fsp3) is 0.529. The third-order valence-corrected chi connectivity index (χ3v) is 5.25. The van der Waals surface area contributed by atoms with Crippen LogP contribution < -0.4 is 16.0 Å². The highest BCUT2D eigenvalue weighted by molar-refractivity contribution is 6.31. The number of quaternary nitrogens is 1. The Labute approximate surface area is 153 Å². The van der Waals surface area contributed by atoms with Crippen LogP contribution in [0.25, 0.3) is 0 Å². The number of hydrogen-bond acceptors (Lipinski definition) is 2. The number of halogens is 4. The van der Waals surface area contributed by atoms with Gasteiger partial charge in [-0.2, -0.15) is 13.2 Å². The summed E-state index contributed by atoms with van der Waals surface area (Å²) >= 11 is 5.57. The lowest BCUT2D eigenvalue weighted by Gasteiger charge is -2.37. The summed E-state index contributed by atoms with van der Waals surface area (Å²) in [4.78, 5) is 24.4. The zero-order chi connectivity index (χ0) is 18.9. The summed E-state index contributed by atoms with van der Waals surface area (Å²) in [5.74, 6) is -0.707. The highest BCUT2D eigenvalue weighted by atomic mass is 35.5. The molecule has 1 saturated heterocycles. The second-order valence-corrected chi connectivity index (χ2v) is 7.21. The van der Waals surface area contributed by atoms with Crippen LogP contribution in [-0.4, -0.2) is 29.9 Å². The molecule has 1 aliphatic heterocycles. The van der Waals surface area contributed by atoms with E-state index < -0.39 is 28.7 Å². The fourth-order valence-electron chi connectivity index (χ4n) is 3.64. The van der Waals surface area contributed by atoms with Crippen molar-refractivity contribution < 1.29 is 28.1 Å². The van der Waals surface area contributed by atoms with E-state index in [0.29, 0.717) is 0 Å². The molecule has 2 amide bonds. The minimum Gasteiger partial charge on any atom is -0.342 e. The van der Waals surface area contributed by atoms with Crippen molar-refractivity contribution in [2.45, 2.75) is 56.4 Å². The van der Waals surface area contributed by atoms with Gasteiger partial charge in [-0.1, -0.05) is 18.0 Å². The number of alkyl halides is 3. The van der Waals surface area contributed by atoms with E-state index >= 15 is 0 Å². The fourth-order valence-corrected chi connectivity index (χ4v) is 3.86. The number of rotatable bonds is 3. The van der Waals surface area contributed by atoms with Gasteiger partial charge < -0.3 is 16.0 Å². The van der Waals surface area contributed by atoms with Gasteiger partial charge in [0.1, 0.15) is 6.04 Å². The van der Waals surface area contributed by atoms with Crippen molar-refractivity contribution in [1.82, 2.24) is 5.32 Å². The van der Waals surface area contributed by atoms with Gasteiger partial charge in [0.05, 0.1) is 23.0 Å². The van der Waals surface area contributed by atoms with E-state index in [0.717, 1.165) is 37.8 Å². The van der Waals surface area contributed by atoms with Crippen LogP contribution in [0, 0.1) is 0 Å². The van der Waals surface area contributed by atoms with Crippen molar-refractivity contribution in [3.05, 3.63) is 28.8 Å². The summed E-state index contributed by atoms with van der Waals surface area (Å²) in [5.41, 5.74) is -1.01. The summed E-state index contributed by atoms with van der Waals surface area (Å²) < 4.78 is 38.7. The van der Waals surface area contributed by atoms with Crippen molar-refractivity contribution >= 4 is 29.1 Å². The molecule has 3 rings (SSSR count). The highest BCUT2D eigenvalue weighted by Crippen LogP contribution is 2.36. The number of hydrogen-bond donors (Lipinski definition) is 3. The van der Waals surface area contributed by atoms with Gasteiger partial charge in [0.2, 0.25) is 5.91 Å². The Morgan fingerprint density at radius 1 is 1.31 bits per heavy atom. The number of carbonyl (C=O) groups is 2. The zero-order valence-electron chi connectivity index (χ0n) is 13.9. The molecular formula is C17H20ClF3N3O2+. The maximum absolute atomic E-state index is 12.9. The molecule has 2 aliphatic rings. The number of amides is 2. The van der Waals surface area contributed by atoms with Crippen LogP contribution in [0.1, 0.15) is 37.7 Å². The molecule has 5 nitrogen and oxygen atoms in total. The van der Waals surface area contributed by atoms with Gasteiger partial charge in [0, 0.05) is 12.1 Å². The zero-order valence-corrected chi connectivity index (χ0v) is 14.7. The standard InChI is InChI=1S/C17H19ClF3N3O2/c18-11-6-5-9(7-10(11)17(19,20)21)22-15(25)8-14-16(26)24-13-4-2-1-3-12(13)23-14/h5-7,12-14,23H,1-4,8H2,(H,22,25)(H,24,26)/p+1/t12-,13-,14+/m0/s1. The first-order valence-corrected chi connectivity index (χ1v) is 8.94. The number of nitrogens with one attached hydrogen (secondary N) is 2. The summed E-state index contributed by atoms with van der Waals surface area (Å²) in [6.45, 7) is 0. The van der Waals surface area contributed by atoms with Gasteiger partial charge >= 0.3 is 6.18 Å². The van der Waals surface area contributed by atoms with Crippen LogP contribution in [0.5, 0.6) is 0 Å². The minimum atomic E-state index is -4.61. The third kappa shape index (κ3) is 4.29. The molecule has 0 radical (unpaired) electrons. The summed E-state index contributed by atoms with van der Waals surface area (Å²) in [5, 5.41) is 6.87. The lowest BCUT2D eigenvalue weighted by atomic mass is 9.87. The molecule has 4 N–H and O–H groups in total. The molecule has 2 fully saturated rings. The predicted octanol–water partition coefficient (Wildman–Crippen LogP) is 2.06. The molecule has 0 bridgehead atoms. The first-order chi connectivity index (χ1) is 12.2. The third-order valence-electron chi connectivity index (χ3n) is 4.92. The summed E-state index contributed by atoms with van der Waals surface area (Å²) in [6.07, 6.45) is -0.605. The van der Waals surface area contributed by atoms with Crippen molar-refractivity contribution in [2.75, 3.05) is 5.32 Å².